The van der Waals surface area contributed by atoms with Gasteiger partial charge in [0.05, 0.1) is 6.10 Å². The smallest absolute Gasteiger partial charge is 0.0897 e. The predicted octanol–water partition coefficient (Wildman–Crippen LogP) is 1.93. The highest BCUT2D eigenvalue weighted by atomic mass is 32.1. The number of hydrogen-bond acceptors (Lipinski definition) is 3. The Bertz CT molecular complexity index is 308. The molecule has 2 rings (SSSR count). The van der Waals surface area contributed by atoms with Crippen LogP contribution >= 0.6 is 11.3 Å². The van der Waals surface area contributed by atoms with E-state index in [1.165, 1.54) is 15.3 Å². The molecule has 0 saturated carbocycles. The van der Waals surface area contributed by atoms with Gasteiger partial charge in [0.2, 0.25) is 0 Å². The lowest BCUT2D eigenvalue weighted by molar-refractivity contribution is 0.160. The van der Waals surface area contributed by atoms with Crippen LogP contribution < -0.4 is 0 Å². The molecule has 1 atom stereocenters. The highest BCUT2D eigenvalue weighted by Gasteiger charge is 2.20. The lowest BCUT2D eigenvalue weighted by Gasteiger charge is -2.12. The van der Waals surface area contributed by atoms with Gasteiger partial charge in [0.25, 0.3) is 0 Å². The molecule has 0 spiro atoms. The maximum Gasteiger partial charge on any atom is 0.0897 e. The summed E-state index contributed by atoms with van der Waals surface area (Å²) < 4.78 is 0. The molecular formula is C10H15NOS. The maximum absolute atomic E-state index is 9.86. The molecule has 1 unspecified atom stereocenters. The fraction of sp³-hybridized carbons (Fsp3) is 0.600. The van der Waals surface area contributed by atoms with Crippen molar-refractivity contribution >= 4 is 11.3 Å². The van der Waals surface area contributed by atoms with Gasteiger partial charge in [-0.15, -0.1) is 11.3 Å². The van der Waals surface area contributed by atoms with Gasteiger partial charge in [-0.1, -0.05) is 0 Å². The molecular weight excluding hydrogens is 182 g/mol. The number of nitrogens with zero attached hydrogens (tertiary/aromatic N) is 1. The summed E-state index contributed by atoms with van der Waals surface area (Å²) in [6, 6.07) is 2.20. The van der Waals surface area contributed by atoms with Crippen LogP contribution in [0.2, 0.25) is 0 Å². The highest BCUT2D eigenvalue weighted by molar-refractivity contribution is 7.12. The molecule has 2 nitrogen and oxygen atoms in total. The summed E-state index contributed by atoms with van der Waals surface area (Å²) in [6.45, 7) is 4.07. The molecule has 0 amide bonds. The molecule has 3 heteroatoms. The fourth-order valence-corrected chi connectivity index (χ4v) is 2.89. The minimum atomic E-state index is -0.237. The lowest BCUT2D eigenvalue weighted by atomic mass is 10.1. The molecule has 0 fully saturated rings. The Morgan fingerprint density at radius 3 is 3.15 bits per heavy atom. The van der Waals surface area contributed by atoms with Crippen LogP contribution in [0.3, 0.4) is 0 Å². The number of aryl methyl sites for hydroxylation is 1. The molecule has 72 valence electrons. The van der Waals surface area contributed by atoms with E-state index in [1.54, 1.807) is 11.3 Å². The van der Waals surface area contributed by atoms with Gasteiger partial charge in [-0.05, 0) is 32.0 Å². The minimum Gasteiger partial charge on any atom is -0.388 e. The summed E-state index contributed by atoms with van der Waals surface area (Å²) in [7, 11) is 2.11. The molecule has 1 aromatic rings. The van der Waals surface area contributed by atoms with Crippen molar-refractivity contribution in [2.75, 3.05) is 13.6 Å². The van der Waals surface area contributed by atoms with E-state index in [1.807, 2.05) is 0 Å². The van der Waals surface area contributed by atoms with Gasteiger partial charge in [0, 0.05) is 22.8 Å². The largest absolute Gasteiger partial charge is 0.388 e. The molecule has 1 aliphatic heterocycles. The van der Waals surface area contributed by atoms with E-state index in [0.717, 1.165) is 19.5 Å². The van der Waals surface area contributed by atoms with E-state index in [4.69, 9.17) is 0 Å². The maximum atomic E-state index is 9.86. The average molecular weight is 197 g/mol. The number of hydrogen-bond donors (Lipinski definition) is 1. The third-order valence-corrected chi connectivity index (χ3v) is 3.69. The zero-order valence-corrected chi connectivity index (χ0v) is 8.90. The van der Waals surface area contributed by atoms with Crippen molar-refractivity contribution in [3.8, 4) is 0 Å². The predicted molar refractivity (Wildman–Crippen MR) is 55.0 cm³/mol. The van der Waals surface area contributed by atoms with Gasteiger partial charge in [-0.2, -0.15) is 0 Å². The Labute approximate surface area is 82.8 Å². The van der Waals surface area contributed by atoms with Gasteiger partial charge in [0.1, 0.15) is 0 Å². The molecule has 0 aromatic carbocycles. The Kier molecular flexibility index (Phi) is 2.41. The Morgan fingerprint density at radius 1 is 1.62 bits per heavy atom. The standard InChI is InChI=1S/C10H15NOS/c1-7-5-8-6-11(2)4-3-9(12)10(8)13-7/h5,9,12H,3-4,6H2,1-2H3. The van der Waals surface area contributed by atoms with Crippen LogP contribution in [0.5, 0.6) is 0 Å². The van der Waals surface area contributed by atoms with Crippen LogP contribution in [-0.2, 0) is 6.54 Å². The summed E-state index contributed by atoms with van der Waals surface area (Å²) in [4.78, 5) is 4.75. The monoisotopic (exact) mass is 197 g/mol. The number of rotatable bonds is 0. The average Bonchev–Trinajstić information content (AvgIpc) is 2.37. The van der Waals surface area contributed by atoms with E-state index < -0.39 is 0 Å². The van der Waals surface area contributed by atoms with Crippen molar-refractivity contribution in [2.45, 2.75) is 26.0 Å². The normalized spacial score (nSPS) is 24.1. The van der Waals surface area contributed by atoms with Crippen molar-refractivity contribution in [3.63, 3.8) is 0 Å². The minimum absolute atomic E-state index is 0.237. The second-order valence-corrected chi connectivity index (χ2v) is 5.08. The SMILES string of the molecule is Cc1cc2c(s1)C(O)CCN(C)C2. The topological polar surface area (TPSA) is 23.5 Å². The number of fused-ring (bicyclic) bond motifs is 1. The second-order valence-electron chi connectivity index (χ2n) is 3.79. The van der Waals surface area contributed by atoms with Crippen molar-refractivity contribution in [3.05, 3.63) is 21.4 Å². The molecule has 1 aliphatic rings. The first-order valence-electron chi connectivity index (χ1n) is 4.62. The van der Waals surface area contributed by atoms with Gasteiger partial charge < -0.3 is 10.0 Å². The summed E-state index contributed by atoms with van der Waals surface area (Å²) >= 11 is 1.74. The van der Waals surface area contributed by atoms with Crippen LogP contribution in [0, 0.1) is 6.92 Å². The Morgan fingerprint density at radius 2 is 2.38 bits per heavy atom. The first kappa shape index (κ1) is 9.19. The van der Waals surface area contributed by atoms with Crippen molar-refractivity contribution in [1.29, 1.82) is 0 Å². The van der Waals surface area contributed by atoms with Gasteiger partial charge in [-0.3, -0.25) is 0 Å². The lowest BCUT2D eigenvalue weighted by Crippen LogP contribution is -2.17. The van der Waals surface area contributed by atoms with Crippen molar-refractivity contribution in [2.24, 2.45) is 0 Å². The summed E-state index contributed by atoms with van der Waals surface area (Å²) in [5.41, 5.74) is 1.31. The Balaban J connectivity index is 2.36. The second kappa shape index (κ2) is 3.40. The van der Waals surface area contributed by atoms with E-state index in [-0.39, 0.29) is 6.10 Å². The Hall–Kier alpha value is -0.380. The van der Waals surface area contributed by atoms with Crippen LogP contribution in [0.4, 0.5) is 0 Å². The zero-order chi connectivity index (χ0) is 9.42. The molecule has 2 heterocycles. The first-order chi connectivity index (χ1) is 6.16. The van der Waals surface area contributed by atoms with Crippen molar-refractivity contribution in [1.82, 2.24) is 4.90 Å². The third-order valence-electron chi connectivity index (χ3n) is 2.49. The number of aliphatic hydroxyl groups is 1. The molecule has 0 aliphatic carbocycles. The van der Waals surface area contributed by atoms with E-state index in [0.29, 0.717) is 0 Å². The van der Waals surface area contributed by atoms with Crippen molar-refractivity contribution < 1.29 is 5.11 Å². The van der Waals surface area contributed by atoms with Gasteiger partial charge in [0.15, 0.2) is 0 Å². The fourth-order valence-electron chi connectivity index (χ4n) is 1.83. The third kappa shape index (κ3) is 1.77. The van der Waals surface area contributed by atoms with Crippen LogP contribution in [0.25, 0.3) is 0 Å². The quantitative estimate of drug-likeness (QED) is 0.687. The van der Waals surface area contributed by atoms with Crippen LogP contribution in [0.15, 0.2) is 6.07 Å². The summed E-state index contributed by atoms with van der Waals surface area (Å²) in [6.07, 6.45) is 0.627. The van der Waals surface area contributed by atoms with E-state index >= 15 is 0 Å². The van der Waals surface area contributed by atoms with E-state index in [2.05, 4.69) is 24.9 Å². The molecule has 1 aromatic heterocycles. The molecule has 0 radical (unpaired) electrons. The first-order valence-corrected chi connectivity index (χ1v) is 5.44. The summed E-state index contributed by atoms with van der Waals surface area (Å²) in [5, 5.41) is 9.86. The molecule has 0 bridgehead atoms. The van der Waals surface area contributed by atoms with E-state index in [9.17, 15) is 5.11 Å². The number of aliphatic hydroxyl groups excluding tert-OH is 1. The van der Waals surface area contributed by atoms with Gasteiger partial charge in [-0.25, -0.2) is 0 Å². The number of thiophene rings is 1. The van der Waals surface area contributed by atoms with Crippen LogP contribution in [-0.4, -0.2) is 23.6 Å². The van der Waals surface area contributed by atoms with Crippen LogP contribution in [0.1, 0.15) is 27.8 Å². The molecule has 13 heavy (non-hydrogen) atoms. The molecule has 1 N–H and O–H groups in total. The highest BCUT2D eigenvalue weighted by Crippen LogP contribution is 2.32. The summed E-state index contributed by atoms with van der Waals surface area (Å²) in [5.74, 6) is 0. The molecule has 0 saturated heterocycles. The zero-order valence-electron chi connectivity index (χ0n) is 8.08. The van der Waals surface area contributed by atoms with Gasteiger partial charge >= 0.3 is 0 Å².